The molecule has 2 rings (SSSR count). The maximum Gasteiger partial charge on any atom is 0.225 e. The molecule has 1 fully saturated rings. The van der Waals surface area contributed by atoms with E-state index in [0.717, 1.165) is 25.3 Å². The second kappa shape index (κ2) is 4.92. The molecule has 0 aliphatic carbocycles. The Bertz CT molecular complexity index is 354. The van der Waals surface area contributed by atoms with E-state index in [9.17, 15) is 4.79 Å². The quantitative estimate of drug-likeness (QED) is 0.785. The molecule has 1 atom stereocenters. The van der Waals surface area contributed by atoms with Crippen molar-refractivity contribution in [1.29, 1.82) is 0 Å². The van der Waals surface area contributed by atoms with Crippen LogP contribution >= 0.6 is 0 Å². The summed E-state index contributed by atoms with van der Waals surface area (Å²) in [5.74, 6) is 0.888. The fourth-order valence-corrected chi connectivity index (χ4v) is 2.03. The molecular weight excluding hydrogens is 204 g/mol. The van der Waals surface area contributed by atoms with Gasteiger partial charge in [0.25, 0.3) is 0 Å². The van der Waals surface area contributed by atoms with Crippen molar-refractivity contribution in [3.8, 4) is 0 Å². The number of hydrogen-bond acceptors (Lipinski definition) is 4. The molecule has 1 aliphatic heterocycles. The van der Waals surface area contributed by atoms with Crippen LogP contribution in [0.15, 0.2) is 18.5 Å². The smallest absolute Gasteiger partial charge is 0.225 e. The summed E-state index contributed by atoms with van der Waals surface area (Å²) in [5, 5.41) is 2.70. The van der Waals surface area contributed by atoms with Crippen LogP contribution in [0.4, 0.5) is 5.95 Å². The average Bonchev–Trinajstić information content (AvgIpc) is 2.39. The summed E-state index contributed by atoms with van der Waals surface area (Å²) in [6.07, 6.45) is 5.41. The molecule has 16 heavy (non-hydrogen) atoms. The Hall–Kier alpha value is -1.65. The van der Waals surface area contributed by atoms with Crippen LogP contribution in [0, 0.1) is 5.92 Å². The second-order valence-corrected chi connectivity index (χ2v) is 3.95. The van der Waals surface area contributed by atoms with Crippen molar-refractivity contribution in [2.24, 2.45) is 5.92 Å². The maximum atomic E-state index is 11.6. The van der Waals surface area contributed by atoms with E-state index in [2.05, 4.69) is 20.2 Å². The van der Waals surface area contributed by atoms with Crippen molar-refractivity contribution in [2.75, 3.05) is 25.0 Å². The fraction of sp³-hybridized carbons (Fsp3) is 0.545. The third kappa shape index (κ3) is 2.29. The van der Waals surface area contributed by atoms with Gasteiger partial charge in [-0.15, -0.1) is 0 Å². The first-order chi connectivity index (χ1) is 7.81. The topological polar surface area (TPSA) is 58.1 Å². The standard InChI is InChI=1S/C11H16N4O/c1-12-10(16)9-4-2-7-15(8-9)11-13-5-3-6-14-11/h3,5-6,9H,2,4,7-8H2,1H3,(H,12,16)/t9-/m1/s1. The Morgan fingerprint density at radius 3 is 2.94 bits per heavy atom. The van der Waals surface area contributed by atoms with Crippen molar-refractivity contribution in [2.45, 2.75) is 12.8 Å². The summed E-state index contributed by atoms with van der Waals surface area (Å²) in [4.78, 5) is 22.0. The molecule has 0 radical (unpaired) electrons. The number of carbonyl (C=O) groups excluding carboxylic acids is 1. The highest BCUT2D eigenvalue weighted by molar-refractivity contribution is 5.79. The average molecular weight is 220 g/mol. The van der Waals surface area contributed by atoms with Gasteiger partial charge < -0.3 is 10.2 Å². The highest BCUT2D eigenvalue weighted by Gasteiger charge is 2.26. The van der Waals surface area contributed by atoms with Crippen molar-refractivity contribution < 1.29 is 4.79 Å². The summed E-state index contributed by atoms with van der Waals surface area (Å²) >= 11 is 0. The Labute approximate surface area is 94.9 Å². The predicted octanol–water partition coefficient (Wildman–Crippen LogP) is 0.439. The molecule has 1 aromatic heterocycles. The molecule has 5 nitrogen and oxygen atoms in total. The first-order valence-corrected chi connectivity index (χ1v) is 5.55. The van der Waals surface area contributed by atoms with Crippen LogP contribution in [0.1, 0.15) is 12.8 Å². The van der Waals surface area contributed by atoms with E-state index in [1.54, 1.807) is 25.5 Å². The molecular formula is C11H16N4O. The van der Waals surface area contributed by atoms with Gasteiger partial charge in [0.2, 0.25) is 11.9 Å². The van der Waals surface area contributed by atoms with Crippen molar-refractivity contribution in [1.82, 2.24) is 15.3 Å². The lowest BCUT2D eigenvalue weighted by atomic mass is 9.97. The monoisotopic (exact) mass is 220 g/mol. The van der Waals surface area contributed by atoms with Gasteiger partial charge in [0, 0.05) is 32.5 Å². The third-order valence-corrected chi connectivity index (χ3v) is 2.87. The van der Waals surface area contributed by atoms with Gasteiger partial charge in [-0.3, -0.25) is 4.79 Å². The first kappa shape index (κ1) is 10.9. The summed E-state index contributed by atoms with van der Waals surface area (Å²) < 4.78 is 0. The Morgan fingerprint density at radius 2 is 2.25 bits per heavy atom. The van der Waals surface area contributed by atoms with Crippen LogP contribution in [0.25, 0.3) is 0 Å². The number of piperidine rings is 1. The Morgan fingerprint density at radius 1 is 1.50 bits per heavy atom. The minimum Gasteiger partial charge on any atom is -0.359 e. The maximum absolute atomic E-state index is 11.6. The lowest BCUT2D eigenvalue weighted by Crippen LogP contribution is -2.42. The number of anilines is 1. The third-order valence-electron chi connectivity index (χ3n) is 2.87. The van der Waals surface area contributed by atoms with Crippen LogP contribution in [0.5, 0.6) is 0 Å². The molecule has 0 unspecified atom stereocenters. The van der Waals surface area contributed by atoms with Gasteiger partial charge in [0.1, 0.15) is 0 Å². The van der Waals surface area contributed by atoms with E-state index in [1.165, 1.54) is 0 Å². The number of aromatic nitrogens is 2. The molecule has 2 heterocycles. The zero-order valence-electron chi connectivity index (χ0n) is 9.39. The summed E-state index contributed by atoms with van der Waals surface area (Å²) in [7, 11) is 1.68. The van der Waals surface area contributed by atoms with Gasteiger partial charge in [0.15, 0.2) is 0 Å². The zero-order chi connectivity index (χ0) is 11.4. The lowest BCUT2D eigenvalue weighted by molar-refractivity contribution is -0.124. The number of rotatable bonds is 2. The van der Waals surface area contributed by atoms with Crippen molar-refractivity contribution in [3.63, 3.8) is 0 Å². The molecule has 0 spiro atoms. The number of amides is 1. The molecule has 1 aromatic rings. The van der Waals surface area contributed by atoms with Gasteiger partial charge in [-0.25, -0.2) is 9.97 Å². The predicted molar refractivity (Wildman–Crippen MR) is 61.0 cm³/mol. The fourth-order valence-electron chi connectivity index (χ4n) is 2.03. The van der Waals surface area contributed by atoms with Crippen LogP contribution in [-0.4, -0.2) is 36.0 Å². The molecule has 86 valence electrons. The Kier molecular flexibility index (Phi) is 3.34. The Balaban J connectivity index is 2.05. The minimum atomic E-state index is 0.0579. The summed E-state index contributed by atoms with van der Waals surface area (Å²) in [6, 6.07) is 1.80. The number of carbonyl (C=O) groups is 1. The SMILES string of the molecule is CNC(=O)[C@@H]1CCCN(c2ncccn2)C1. The largest absolute Gasteiger partial charge is 0.359 e. The van der Waals surface area contributed by atoms with Gasteiger partial charge in [-0.05, 0) is 18.9 Å². The lowest BCUT2D eigenvalue weighted by Gasteiger charge is -2.31. The summed E-state index contributed by atoms with van der Waals surface area (Å²) in [6.45, 7) is 1.64. The second-order valence-electron chi connectivity index (χ2n) is 3.95. The van der Waals surface area contributed by atoms with E-state index >= 15 is 0 Å². The summed E-state index contributed by atoms with van der Waals surface area (Å²) in [5.41, 5.74) is 0. The van der Waals surface area contributed by atoms with Crippen LogP contribution in [-0.2, 0) is 4.79 Å². The number of nitrogens with zero attached hydrogens (tertiary/aromatic N) is 3. The molecule has 1 amide bonds. The van der Waals surface area contributed by atoms with E-state index in [1.807, 2.05) is 0 Å². The van der Waals surface area contributed by atoms with Crippen LogP contribution < -0.4 is 10.2 Å². The van der Waals surface area contributed by atoms with Crippen molar-refractivity contribution in [3.05, 3.63) is 18.5 Å². The molecule has 1 N–H and O–H groups in total. The number of nitrogens with one attached hydrogen (secondary N) is 1. The highest BCUT2D eigenvalue weighted by atomic mass is 16.1. The molecule has 1 saturated heterocycles. The molecule has 0 aromatic carbocycles. The molecule has 5 heteroatoms. The minimum absolute atomic E-state index is 0.0579. The van der Waals surface area contributed by atoms with Crippen LogP contribution in [0.2, 0.25) is 0 Å². The van der Waals surface area contributed by atoms with E-state index in [0.29, 0.717) is 6.54 Å². The van der Waals surface area contributed by atoms with Gasteiger partial charge in [-0.2, -0.15) is 0 Å². The van der Waals surface area contributed by atoms with Gasteiger partial charge in [0.05, 0.1) is 5.92 Å². The van der Waals surface area contributed by atoms with Gasteiger partial charge >= 0.3 is 0 Å². The van der Waals surface area contributed by atoms with E-state index < -0.39 is 0 Å². The zero-order valence-corrected chi connectivity index (χ0v) is 9.39. The highest BCUT2D eigenvalue weighted by Crippen LogP contribution is 2.19. The van der Waals surface area contributed by atoms with Crippen LogP contribution in [0.3, 0.4) is 0 Å². The first-order valence-electron chi connectivity index (χ1n) is 5.55. The molecule has 0 bridgehead atoms. The molecule has 1 aliphatic rings. The molecule has 0 saturated carbocycles. The normalized spacial score (nSPS) is 20.6. The van der Waals surface area contributed by atoms with Crippen molar-refractivity contribution >= 4 is 11.9 Å². The number of hydrogen-bond donors (Lipinski definition) is 1. The van der Waals surface area contributed by atoms with Gasteiger partial charge in [-0.1, -0.05) is 0 Å². The van der Waals surface area contributed by atoms with E-state index in [-0.39, 0.29) is 11.8 Å². The van der Waals surface area contributed by atoms with E-state index in [4.69, 9.17) is 0 Å².